The maximum absolute atomic E-state index is 10.3. The van der Waals surface area contributed by atoms with Gasteiger partial charge in [0.15, 0.2) is 0 Å². The number of aryl methyl sites for hydroxylation is 1. The van der Waals surface area contributed by atoms with E-state index in [9.17, 15) is 4.79 Å². The van der Waals surface area contributed by atoms with E-state index in [0.717, 1.165) is 11.3 Å². The molecule has 0 spiro atoms. The van der Waals surface area contributed by atoms with Crippen molar-refractivity contribution < 1.29 is 14.6 Å². The van der Waals surface area contributed by atoms with Gasteiger partial charge in [0.25, 0.3) is 0 Å². The molecule has 1 aromatic carbocycles. The molecule has 0 aliphatic heterocycles. The summed E-state index contributed by atoms with van der Waals surface area (Å²) >= 11 is 0. The van der Waals surface area contributed by atoms with E-state index in [1.165, 1.54) is 0 Å². The van der Waals surface area contributed by atoms with Gasteiger partial charge in [-0.15, -0.1) is 0 Å². The number of methoxy groups -OCH3 is 1. The van der Waals surface area contributed by atoms with Crippen LogP contribution >= 0.6 is 0 Å². The average Bonchev–Trinajstić information content (AvgIpc) is 2.29. The fourth-order valence-electron chi connectivity index (χ4n) is 1.08. The molecule has 0 radical (unpaired) electrons. The van der Waals surface area contributed by atoms with Gasteiger partial charge in [0.05, 0.1) is 7.11 Å². The van der Waals surface area contributed by atoms with Gasteiger partial charge in [-0.2, -0.15) is 0 Å². The Hall–Kier alpha value is -1.51. The zero-order valence-corrected chi connectivity index (χ0v) is 9.49. The number of benzene rings is 1. The Morgan fingerprint density at radius 2 is 2.07 bits per heavy atom. The Morgan fingerprint density at radius 1 is 1.40 bits per heavy atom. The number of carboxylic acids is 1. The molecule has 0 aliphatic carbocycles. The molecule has 0 unspecified atom stereocenters. The van der Waals surface area contributed by atoms with Crippen LogP contribution < -0.4 is 4.74 Å². The van der Waals surface area contributed by atoms with Gasteiger partial charge in [-0.3, -0.25) is 4.79 Å². The summed E-state index contributed by atoms with van der Waals surface area (Å²) in [6.45, 7) is 4.00. The molecule has 0 saturated heterocycles. The molecule has 0 aromatic heterocycles. The Kier molecular flexibility index (Phi) is 7.06. The summed E-state index contributed by atoms with van der Waals surface area (Å²) in [7, 11) is 1.59. The van der Waals surface area contributed by atoms with Crippen LogP contribution in [0.15, 0.2) is 24.3 Å². The highest BCUT2D eigenvalue weighted by Crippen LogP contribution is 2.13. The van der Waals surface area contributed by atoms with E-state index in [1.54, 1.807) is 7.11 Å². The highest BCUT2D eigenvalue weighted by molar-refractivity contribution is 5.67. The van der Waals surface area contributed by atoms with E-state index in [4.69, 9.17) is 9.84 Å². The molecule has 84 valence electrons. The number of hydrogen-bond donors (Lipinski definition) is 1. The van der Waals surface area contributed by atoms with Gasteiger partial charge in [0.2, 0.25) is 0 Å². The Bertz CT molecular complexity index is 295. The third-order valence-electron chi connectivity index (χ3n) is 1.76. The highest BCUT2D eigenvalue weighted by Gasteiger charge is 1.99. The Labute approximate surface area is 90.7 Å². The predicted octanol–water partition coefficient (Wildman–Crippen LogP) is 2.74. The van der Waals surface area contributed by atoms with Gasteiger partial charge < -0.3 is 9.84 Å². The van der Waals surface area contributed by atoms with Gasteiger partial charge in [-0.25, -0.2) is 0 Å². The highest BCUT2D eigenvalue weighted by atomic mass is 16.5. The van der Waals surface area contributed by atoms with E-state index < -0.39 is 5.97 Å². The van der Waals surface area contributed by atoms with Crippen molar-refractivity contribution in [3.05, 3.63) is 29.8 Å². The zero-order chi connectivity index (χ0) is 11.7. The summed E-state index contributed by atoms with van der Waals surface area (Å²) in [5.41, 5.74) is 0.988. The number of carboxylic acid groups (broad SMARTS) is 1. The molecular formula is C12H18O3. The molecule has 3 nitrogen and oxygen atoms in total. The molecule has 1 rings (SSSR count). The maximum atomic E-state index is 10.3. The lowest BCUT2D eigenvalue weighted by Crippen LogP contribution is -1.97. The molecule has 1 N–H and O–H groups in total. The Morgan fingerprint density at radius 3 is 2.60 bits per heavy atom. The lowest BCUT2D eigenvalue weighted by Gasteiger charge is -2.02. The van der Waals surface area contributed by atoms with E-state index in [-0.39, 0.29) is 6.42 Å². The summed E-state index contributed by atoms with van der Waals surface area (Å²) < 4.78 is 5.01. The summed E-state index contributed by atoms with van der Waals surface area (Å²) in [5.74, 6) is -0.00860. The molecule has 3 heteroatoms. The van der Waals surface area contributed by atoms with Crippen molar-refractivity contribution in [2.24, 2.45) is 0 Å². The van der Waals surface area contributed by atoms with E-state index in [0.29, 0.717) is 6.42 Å². The van der Waals surface area contributed by atoms with Crippen molar-refractivity contribution >= 4 is 5.97 Å². The van der Waals surface area contributed by atoms with Crippen LogP contribution in [0.1, 0.15) is 25.8 Å². The molecule has 0 aliphatic rings. The van der Waals surface area contributed by atoms with Crippen LogP contribution in [0.2, 0.25) is 0 Å². The van der Waals surface area contributed by atoms with Crippen LogP contribution in [0, 0.1) is 0 Å². The molecule has 15 heavy (non-hydrogen) atoms. The molecular weight excluding hydrogens is 192 g/mol. The summed E-state index contributed by atoms with van der Waals surface area (Å²) in [4.78, 5) is 10.3. The topological polar surface area (TPSA) is 46.5 Å². The first-order valence-corrected chi connectivity index (χ1v) is 5.07. The van der Waals surface area contributed by atoms with Gasteiger partial charge in [0.1, 0.15) is 5.75 Å². The van der Waals surface area contributed by atoms with Crippen molar-refractivity contribution in [3.63, 3.8) is 0 Å². The number of carbonyl (C=O) groups is 1. The first-order chi connectivity index (χ1) is 7.22. The first kappa shape index (κ1) is 13.5. The fourth-order valence-corrected chi connectivity index (χ4v) is 1.08. The SMILES string of the molecule is CC.COc1cccc(CCC(=O)O)c1. The maximum Gasteiger partial charge on any atom is 0.303 e. The second kappa shape index (κ2) is 7.85. The second-order valence-corrected chi connectivity index (χ2v) is 2.75. The van der Waals surface area contributed by atoms with Crippen molar-refractivity contribution in [3.8, 4) is 5.75 Å². The first-order valence-electron chi connectivity index (χ1n) is 5.07. The van der Waals surface area contributed by atoms with Crippen LogP contribution in [0.4, 0.5) is 0 Å². The molecule has 0 fully saturated rings. The predicted molar refractivity (Wildman–Crippen MR) is 60.3 cm³/mol. The molecule has 0 bridgehead atoms. The molecule has 0 saturated carbocycles. The minimum Gasteiger partial charge on any atom is -0.497 e. The molecule has 0 atom stereocenters. The van der Waals surface area contributed by atoms with Gasteiger partial charge >= 0.3 is 5.97 Å². The van der Waals surface area contributed by atoms with E-state index in [1.807, 2.05) is 38.1 Å². The average molecular weight is 210 g/mol. The standard InChI is InChI=1S/C10H12O3.C2H6/c1-13-9-4-2-3-8(7-9)5-6-10(11)12;1-2/h2-4,7H,5-6H2,1H3,(H,11,12);1-2H3. The minimum absolute atomic E-state index is 0.160. The molecule has 0 amide bonds. The monoisotopic (exact) mass is 210 g/mol. The van der Waals surface area contributed by atoms with Gasteiger partial charge in [-0.05, 0) is 24.1 Å². The van der Waals surface area contributed by atoms with Crippen molar-refractivity contribution in [2.75, 3.05) is 7.11 Å². The number of hydrogen-bond acceptors (Lipinski definition) is 2. The summed E-state index contributed by atoms with van der Waals surface area (Å²) in [6.07, 6.45) is 0.708. The lowest BCUT2D eigenvalue weighted by atomic mass is 10.1. The van der Waals surface area contributed by atoms with Crippen LogP contribution in [-0.4, -0.2) is 18.2 Å². The zero-order valence-electron chi connectivity index (χ0n) is 9.49. The third-order valence-corrected chi connectivity index (χ3v) is 1.76. The largest absolute Gasteiger partial charge is 0.497 e. The van der Waals surface area contributed by atoms with Gasteiger partial charge in [0, 0.05) is 6.42 Å². The third kappa shape index (κ3) is 5.73. The summed E-state index contributed by atoms with van der Waals surface area (Å²) in [6, 6.07) is 7.44. The number of ether oxygens (including phenoxy) is 1. The smallest absolute Gasteiger partial charge is 0.303 e. The molecule has 0 heterocycles. The van der Waals surface area contributed by atoms with Crippen LogP contribution in [0.5, 0.6) is 5.75 Å². The van der Waals surface area contributed by atoms with E-state index >= 15 is 0 Å². The van der Waals surface area contributed by atoms with Gasteiger partial charge in [-0.1, -0.05) is 26.0 Å². The second-order valence-electron chi connectivity index (χ2n) is 2.75. The molecule has 1 aromatic rings. The number of rotatable bonds is 4. The van der Waals surface area contributed by atoms with Crippen LogP contribution in [0.3, 0.4) is 0 Å². The van der Waals surface area contributed by atoms with Crippen LogP contribution in [-0.2, 0) is 11.2 Å². The quantitative estimate of drug-likeness (QED) is 0.831. The normalized spacial score (nSPS) is 8.73. The van der Waals surface area contributed by atoms with Crippen molar-refractivity contribution in [1.29, 1.82) is 0 Å². The summed E-state index contributed by atoms with van der Waals surface area (Å²) in [5, 5.41) is 8.47. The Balaban J connectivity index is 0.000000921. The van der Waals surface area contributed by atoms with Crippen molar-refractivity contribution in [2.45, 2.75) is 26.7 Å². The van der Waals surface area contributed by atoms with E-state index in [2.05, 4.69) is 0 Å². The minimum atomic E-state index is -0.775. The van der Waals surface area contributed by atoms with Crippen LogP contribution in [0.25, 0.3) is 0 Å². The lowest BCUT2D eigenvalue weighted by molar-refractivity contribution is -0.136. The van der Waals surface area contributed by atoms with Crippen molar-refractivity contribution in [1.82, 2.24) is 0 Å². The fraction of sp³-hybridized carbons (Fsp3) is 0.417. The number of aliphatic carboxylic acids is 1.